The van der Waals surface area contributed by atoms with Gasteiger partial charge in [0.15, 0.2) is 0 Å². The third kappa shape index (κ3) is 2.48. The molecule has 2 aromatic rings. The number of hydrogen-bond acceptors (Lipinski definition) is 4. The molecule has 1 atom stereocenters. The SMILES string of the molecule is O=C(N[C@@H]1CCCn2ncnc21)C(F)(F)c1ccccn1. The van der Waals surface area contributed by atoms with E-state index in [-0.39, 0.29) is 0 Å². The van der Waals surface area contributed by atoms with Crippen LogP contribution in [0.1, 0.15) is 30.4 Å². The third-order valence-electron chi connectivity index (χ3n) is 3.40. The highest BCUT2D eigenvalue weighted by Gasteiger charge is 2.43. The minimum atomic E-state index is -3.68. The van der Waals surface area contributed by atoms with Gasteiger partial charge in [0.05, 0.1) is 6.04 Å². The van der Waals surface area contributed by atoms with Crippen molar-refractivity contribution in [1.82, 2.24) is 25.1 Å². The zero-order valence-corrected chi connectivity index (χ0v) is 11.0. The molecule has 0 radical (unpaired) electrons. The van der Waals surface area contributed by atoms with Gasteiger partial charge in [-0.25, -0.2) is 9.67 Å². The number of hydrogen-bond donors (Lipinski definition) is 1. The van der Waals surface area contributed by atoms with Gasteiger partial charge in [0.1, 0.15) is 17.8 Å². The molecular formula is C13H13F2N5O. The van der Waals surface area contributed by atoms with E-state index in [1.807, 2.05) is 0 Å². The van der Waals surface area contributed by atoms with E-state index in [1.54, 1.807) is 4.68 Å². The predicted molar refractivity (Wildman–Crippen MR) is 68.3 cm³/mol. The van der Waals surface area contributed by atoms with Crippen LogP contribution < -0.4 is 5.32 Å². The summed E-state index contributed by atoms with van der Waals surface area (Å²) in [6.07, 6.45) is 3.89. The van der Waals surface area contributed by atoms with Gasteiger partial charge in [-0.3, -0.25) is 9.78 Å². The number of amides is 1. The molecule has 0 saturated heterocycles. The normalized spacial score (nSPS) is 18.1. The summed E-state index contributed by atoms with van der Waals surface area (Å²) in [7, 11) is 0. The van der Waals surface area contributed by atoms with Crippen LogP contribution in [0.5, 0.6) is 0 Å². The van der Waals surface area contributed by atoms with Crippen molar-refractivity contribution in [2.75, 3.05) is 0 Å². The Kier molecular flexibility index (Phi) is 3.36. The highest BCUT2D eigenvalue weighted by Crippen LogP contribution is 2.29. The highest BCUT2D eigenvalue weighted by atomic mass is 19.3. The number of aryl methyl sites for hydroxylation is 1. The fourth-order valence-electron chi connectivity index (χ4n) is 2.34. The van der Waals surface area contributed by atoms with Crippen LogP contribution in [0, 0.1) is 0 Å². The molecule has 0 bridgehead atoms. The Balaban J connectivity index is 1.79. The van der Waals surface area contributed by atoms with Gasteiger partial charge in [-0.05, 0) is 25.0 Å². The van der Waals surface area contributed by atoms with Crippen LogP contribution in [0.4, 0.5) is 8.78 Å². The molecule has 0 saturated carbocycles. The molecule has 1 aliphatic rings. The van der Waals surface area contributed by atoms with Crippen LogP contribution in [0.25, 0.3) is 0 Å². The molecule has 1 amide bonds. The maximum Gasteiger partial charge on any atom is 0.366 e. The first kappa shape index (κ1) is 13.6. The van der Waals surface area contributed by atoms with Gasteiger partial charge in [-0.1, -0.05) is 6.07 Å². The number of carbonyl (C=O) groups excluding carboxylic acids is 1. The number of pyridine rings is 1. The Bertz CT molecular complexity index is 643. The molecule has 0 spiro atoms. The molecule has 0 fully saturated rings. The smallest absolute Gasteiger partial charge is 0.340 e. The molecule has 0 unspecified atom stereocenters. The van der Waals surface area contributed by atoms with Crippen molar-refractivity contribution in [1.29, 1.82) is 0 Å². The average molecular weight is 293 g/mol. The third-order valence-corrected chi connectivity index (χ3v) is 3.40. The quantitative estimate of drug-likeness (QED) is 0.929. The van der Waals surface area contributed by atoms with E-state index in [4.69, 9.17) is 0 Å². The molecule has 21 heavy (non-hydrogen) atoms. The first-order valence-corrected chi connectivity index (χ1v) is 6.57. The second-order valence-corrected chi connectivity index (χ2v) is 4.80. The fraction of sp³-hybridized carbons (Fsp3) is 0.385. The molecule has 6 nitrogen and oxygen atoms in total. The lowest BCUT2D eigenvalue weighted by Gasteiger charge is -2.25. The zero-order valence-electron chi connectivity index (χ0n) is 11.0. The number of nitrogens with one attached hydrogen (secondary N) is 1. The van der Waals surface area contributed by atoms with E-state index in [2.05, 4.69) is 20.4 Å². The highest BCUT2D eigenvalue weighted by molar-refractivity contribution is 5.84. The number of rotatable bonds is 3. The van der Waals surface area contributed by atoms with Crippen molar-refractivity contribution in [2.24, 2.45) is 0 Å². The fourth-order valence-corrected chi connectivity index (χ4v) is 2.34. The average Bonchev–Trinajstić information content (AvgIpc) is 2.97. The molecule has 0 aliphatic carbocycles. The molecular weight excluding hydrogens is 280 g/mol. The van der Waals surface area contributed by atoms with Gasteiger partial charge in [0.25, 0.3) is 5.91 Å². The predicted octanol–water partition coefficient (Wildman–Crippen LogP) is 1.42. The lowest BCUT2D eigenvalue weighted by molar-refractivity contribution is -0.148. The lowest BCUT2D eigenvalue weighted by atomic mass is 10.1. The summed E-state index contributed by atoms with van der Waals surface area (Å²) in [5.74, 6) is -4.54. The van der Waals surface area contributed by atoms with Crippen molar-refractivity contribution in [3.63, 3.8) is 0 Å². The standard InChI is InChI=1S/C13H13F2N5O/c14-13(15,10-5-1-2-6-16-10)12(21)19-9-4-3-7-20-11(9)17-8-18-20/h1-2,5-6,8-9H,3-4,7H2,(H,19,21)/t9-/m1/s1. The van der Waals surface area contributed by atoms with E-state index in [1.165, 1.54) is 24.7 Å². The van der Waals surface area contributed by atoms with Gasteiger partial charge < -0.3 is 5.32 Å². The van der Waals surface area contributed by atoms with E-state index in [0.717, 1.165) is 12.5 Å². The van der Waals surface area contributed by atoms with Gasteiger partial charge in [-0.2, -0.15) is 13.9 Å². The van der Waals surface area contributed by atoms with E-state index < -0.39 is 23.6 Å². The molecule has 3 rings (SSSR count). The monoisotopic (exact) mass is 293 g/mol. The lowest BCUT2D eigenvalue weighted by Crippen LogP contribution is -2.42. The van der Waals surface area contributed by atoms with Crippen LogP contribution >= 0.6 is 0 Å². The van der Waals surface area contributed by atoms with E-state index >= 15 is 0 Å². The van der Waals surface area contributed by atoms with Gasteiger partial charge in [-0.15, -0.1) is 0 Å². The van der Waals surface area contributed by atoms with Gasteiger partial charge >= 0.3 is 5.92 Å². The number of fused-ring (bicyclic) bond motifs is 1. The molecule has 1 N–H and O–H groups in total. The maximum absolute atomic E-state index is 14.1. The molecule has 3 heterocycles. The Morgan fingerprint density at radius 1 is 1.38 bits per heavy atom. The van der Waals surface area contributed by atoms with Crippen LogP contribution in [-0.2, 0) is 17.3 Å². The van der Waals surface area contributed by atoms with Crippen LogP contribution in [0.15, 0.2) is 30.7 Å². The number of carbonyl (C=O) groups is 1. The molecule has 1 aliphatic heterocycles. The zero-order chi connectivity index (χ0) is 14.9. The van der Waals surface area contributed by atoms with Crippen molar-refractivity contribution in [3.05, 3.63) is 42.2 Å². The summed E-state index contributed by atoms with van der Waals surface area (Å²) < 4.78 is 29.8. The minimum absolute atomic E-state index is 0.506. The van der Waals surface area contributed by atoms with Crippen LogP contribution in [-0.4, -0.2) is 25.7 Å². The van der Waals surface area contributed by atoms with Gasteiger partial charge in [0, 0.05) is 12.7 Å². The van der Waals surface area contributed by atoms with Crippen molar-refractivity contribution < 1.29 is 13.6 Å². The second-order valence-electron chi connectivity index (χ2n) is 4.80. The summed E-state index contributed by atoms with van der Waals surface area (Å²) in [5, 5.41) is 6.34. The second kappa shape index (κ2) is 5.19. The maximum atomic E-state index is 14.1. The van der Waals surface area contributed by atoms with E-state index in [0.29, 0.717) is 18.8 Å². The Morgan fingerprint density at radius 2 is 2.24 bits per heavy atom. The Labute approximate surface area is 119 Å². The molecule has 110 valence electrons. The summed E-state index contributed by atoms with van der Waals surface area (Å²) in [6.45, 7) is 0.679. The first-order valence-electron chi connectivity index (χ1n) is 6.57. The van der Waals surface area contributed by atoms with Crippen molar-refractivity contribution in [3.8, 4) is 0 Å². The van der Waals surface area contributed by atoms with E-state index in [9.17, 15) is 13.6 Å². The van der Waals surface area contributed by atoms with Crippen LogP contribution in [0.2, 0.25) is 0 Å². The minimum Gasteiger partial charge on any atom is -0.340 e. The molecule has 0 aromatic carbocycles. The Hall–Kier alpha value is -2.38. The first-order chi connectivity index (χ1) is 10.1. The van der Waals surface area contributed by atoms with Crippen molar-refractivity contribution >= 4 is 5.91 Å². The summed E-state index contributed by atoms with van der Waals surface area (Å²) in [6, 6.07) is 3.51. The summed E-state index contributed by atoms with van der Waals surface area (Å²) in [5.41, 5.74) is -0.570. The number of nitrogens with zero attached hydrogens (tertiary/aromatic N) is 4. The molecule has 2 aromatic heterocycles. The number of halogens is 2. The summed E-state index contributed by atoms with van der Waals surface area (Å²) >= 11 is 0. The molecule has 8 heteroatoms. The number of alkyl halides is 2. The Morgan fingerprint density at radius 3 is 3.00 bits per heavy atom. The topological polar surface area (TPSA) is 72.7 Å². The van der Waals surface area contributed by atoms with Gasteiger partial charge in [0.2, 0.25) is 0 Å². The summed E-state index contributed by atoms with van der Waals surface area (Å²) in [4.78, 5) is 19.5. The largest absolute Gasteiger partial charge is 0.366 e. The van der Waals surface area contributed by atoms with Crippen LogP contribution in [0.3, 0.4) is 0 Å². The van der Waals surface area contributed by atoms with Crippen molar-refractivity contribution in [2.45, 2.75) is 31.4 Å². The number of aromatic nitrogens is 4.